The number of carbonyl (C=O) groups is 1. The second kappa shape index (κ2) is 6.89. The molecule has 1 aromatic heterocycles. The van der Waals surface area contributed by atoms with Gasteiger partial charge in [-0.3, -0.25) is 5.84 Å². The first-order valence-corrected chi connectivity index (χ1v) is 8.89. The van der Waals surface area contributed by atoms with Crippen molar-refractivity contribution < 1.29 is 23.1 Å². The summed E-state index contributed by atoms with van der Waals surface area (Å²) in [5, 5.41) is 15.1. The van der Waals surface area contributed by atoms with Crippen molar-refractivity contribution in [3.63, 3.8) is 0 Å². The number of aromatic carboxylic acids is 1. The van der Waals surface area contributed by atoms with E-state index in [1.807, 2.05) is 0 Å². The van der Waals surface area contributed by atoms with Crippen LogP contribution in [0.1, 0.15) is 53.1 Å². The van der Waals surface area contributed by atoms with Crippen LogP contribution in [0.3, 0.4) is 0 Å². The monoisotopic (exact) mass is 396 g/mol. The number of hydrazine groups is 1. The van der Waals surface area contributed by atoms with Gasteiger partial charge in [0.15, 0.2) is 5.69 Å². The molecular formula is C19H23F3N4O2. The van der Waals surface area contributed by atoms with E-state index in [2.05, 4.69) is 18.9 Å². The molecule has 0 amide bonds. The standard InChI is InChI=1S/C19H23F3N4O2/c1-18(2)7-6-15-13(9-18)16(17(27)28)24-26(15)14-5-4-12(19(20,21)22)8-11(14)10-25(3)23/h4-5,8H,6-7,9-10,23H2,1-3H3,(H,27,28). The summed E-state index contributed by atoms with van der Waals surface area (Å²) in [5.74, 6) is 4.54. The van der Waals surface area contributed by atoms with Gasteiger partial charge in [-0.2, -0.15) is 18.3 Å². The van der Waals surface area contributed by atoms with Crippen LogP contribution in [0.15, 0.2) is 18.2 Å². The summed E-state index contributed by atoms with van der Waals surface area (Å²) in [4.78, 5) is 11.7. The fourth-order valence-corrected chi connectivity index (χ4v) is 3.69. The highest BCUT2D eigenvalue weighted by Gasteiger charge is 2.35. The molecule has 0 bridgehead atoms. The molecule has 3 rings (SSSR count). The Balaban J connectivity index is 2.20. The van der Waals surface area contributed by atoms with E-state index >= 15 is 0 Å². The molecule has 1 heterocycles. The Morgan fingerprint density at radius 2 is 2.07 bits per heavy atom. The maximum atomic E-state index is 13.2. The van der Waals surface area contributed by atoms with Crippen molar-refractivity contribution in [1.29, 1.82) is 0 Å². The maximum Gasteiger partial charge on any atom is 0.416 e. The molecule has 0 unspecified atom stereocenters. The molecule has 0 saturated carbocycles. The van der Waals surface area contributed by atoms with Gasteiger partial charge in [0, 0.05) is 24.8 Å². The molecule has 0 atom stereocenters. The zero-order valence-corrected chi connectivity index (χ0v) is 16.0. The van der Waals surface area contributed by atoms with Crippen molar-refractivity contribution in [2.75, 3.05) is 7.05 Å². The van der Waals surface area contributed by atoms with E-state index in [-0.39, 0.29) is 17.7 Å². The minimum absolute atomic E-state index is 0.0466. The molecule has 1 aromatic carbocycles. The van der Waals surface area contributed by atoms with Gasteiger partial charge in [0.25, 0.3) is 0 Å². The number of carboxylic acids is 1. The molecule has 0 aliphatic heterocycles. The van der Waals surface area contributed by atoms with E-state index in [0.29, 0.717) is 29.7 Å². The van der Waals surface area contributed by atoms with E-state index in [1.165, 1.54) is 15.8 Å². The van der Waals surface area contributed by atoms with Crippen LogP contribution in [0.5, 0.6) is 0 Å². The molecule has 1 aliphatic rings. The number of hydrogen-bond donors (Lipinski definition) is 2. The first-order chi connectivity index (χ1) is 12.9. The summed E-state index contributed by atoms with van der Waals surface area (Å²) in [6, 6.07) is 3.36. The van der Waals surface area contributed by atoms with Gasteiger partial charge >= 0.3 is 12.1 Å². The highest BCUT2D eigenvalue weighted by molar-refractivity contribution is 5.87. The molecule has 0 fully saturated rings. The van der Waals surface area contributed by atoms with Crippen molar-refractivity contribution in [2.45, 2.75) is 45.8 Å². The Labute approximate surface area is 160 Å². The second-order valence-electron chi connectivity index (χ2n) is 8.09. The quantitative estimate of drug-likeness (QED) is 0.611. The van der Waals surface area contributed by atoms with Crippen LogP contribution in [0.2, 0.25) is 0 Å². The van der Waals surface area contributed by atoms with Crippen LogP contribution >= 0.6 is 0 Å². The summed E-state index contributed by atoms with van der Waals surface area (Å²) in [6.45, 7) is 4.18. The minimum atomic E-state index is -4.49. The van der Waals surface area contributed by atoms with Gasteiger partial charge < -0.3 is 5.11 Å². The second-order valence-corrected chi connectivity index (χ2v) is 8.09. The van der Waals surface area contributed by atoms with Crippen LogP contribution in [-0.2, 0) is 25.6 Å². The number of aromatic nitrogens is 2. The van der Waals surface area contributed by atoms with Crippen LogP contribution in [0, 0.1) is 5.41 Å². The molecule has 1 aliphatic carbocycles. The Bertz CT molecular complexity index is 917. The smallest absolute Gasteiger partial charge is 0.416 e. The molecule has 0 saturated heterocycles. The molecule has 9 heteroatoms. The Morgan fingerprint density at radius 3 is 2.64 bits per heavy atom. The molecule has 0 spiro atoms. The molecule has 0 radical (unpaired) electrons. The molecule has 3 N–H and O–H groups in total. The average Bonchev–Trinajstić information content (AvgIpc) is 2.90. The van der Waals surface area contributed by atoms with Gasteiger partial charge in [-0.15, -0.1) is 0 Å². The number of carboxylic acid groups (broad SMARTS) is 1. The van der Waals surface area contributed by atoms with Crippen LogP contribution in [0.25, 0.3) is 5.69 Å². The summed E-state index contributed by atoms with van der Waals surface area (Å²) in [7, 11) is 1.55. The SMILES string of the molecule is CN(N)Cc1cc(C(F)(F)F)ccc1-n1nc(C(=O)O)c2c1CCC(C)(C)C2. The number of rotatable bonds is 4. The van der Waals surface area contributed by atoms with Gasteiger partial charge in [0.05, 0.1) is 11.3 Å². The Hall–Kier alpha value is -2.39. The van der Waals surface area contributed by atoms with Gasteiger partial charge in [-0.1, -0.05) is 13.8 Å². The predicted molar refractivity (Wildman–Crippen MR) is 97.0 cm³/mol. The number of hydrogen-bond acceptors (Lipinski definition) is 4. The number of nitrogens with two attached hydrogens (primary N) is 1. The lowest BCUT2D eigenvalue weighted by atomic mass is 9.76. The average molecular weight is 396 g/mol. The zero-order valence-electron chi connectivity index (χ0n) is 16.0. The van der Waals surface area contributed by atoms with Gasteiger partial charge in [0.2, 0.25) is 0 Å². The topological polar surface area (TPSA) is 84.4 Å². The lowest BCUT2D eigenvalue weighted by Crippen LogP contribution is -2.27. The number of alkyl halides is 3. The first-order valence-electron chi connectivity index (χ1n) is 8.89. The number of fused-ring (bicyclic) bond motifs is 1. The largest absolute Gasteiger partial charge is 0.476 e. The molecule has 2 aromatic rings. The van der Waals surface area contributed by atoms with E-state index < -0.39 is 17.7 Å². The Kier molecular flexibility index (Phi) is 5.01. The Morgan fingerprint density at radius 1 is 1.39 bits per heavy atom. The summed E-state index contributed by atoms with van der Waals surface area (Å²) >= 11 is 0. The van der Waals surface area contributed by atoms with E-state index in [9.17, 15) is 23.1 Å². The summed E-state index contributed by atoms with van der Waals surface area (Å²) in [6.07, 6.45) is -2.50. The third-order valence-corrected chi connectivity index (χ3v) is 5.04. The third-order valence-electron chi connectivity index (χ3n) is 5.04. The fourth-order valence-electron chi connectivity index (χ4n) is 3.69. The molecule has 6 nitrogen and oxygen atoms in total. The number of halogens is 3. The van der Waals surface area contributed by atoms with Crippen molar-refractivity contribution >= 4 is 5.97 Å². The maximum absolute atomic E-state index is 13.2. The van der Waals surface area contributed by atoms with E-state index in [1.54, 1.807) is 7.05 Å². The predicted octanol–water partition coefficient (Wildman–Crippen LogP) is 3.41. The van der Waals surface area contributed by atoms with Gasteiger partial charge in [0.1, 0.15) is 0 Å². The van der Waals surface area contributed by atoms with Crippen molar-refractivity contribution in [1.82, 2.24) is 14.8 Å². The van der Waals surface area contributed by atoms with Crippen LogP contribution < -0.4 is 5.84 Å². The molecule has 152 valence electrons. The van der Waals surface area contributed by atoms with Crippen LogP contribution in [-0.4, -0.2) is 32.9 Å². The summed E-state index contributed by atoms with van der Waals surface area (Å²) in [5.41, 5.74) is 1.23. The highest BCUT2D eigenvalue weighted by Crippen LogP contribution is 2.38. The van der Waals surface area contributed by atoms with Gasteiger partial charge in [-0.25, -0.2) is 14.5 Å². The van der Waals surface area contributed by atoms with E-state index in [4.69, 9.17) is 5.84 Å². The van der Waals surface area contributed by atoms with Crippen molar-refractivity contribution in [3.8, 4) is 5.69 Å². The van der Waals surface area contributed by atoms with Crippen molar-refractivity contribution in [3.05, 3.63) is 46.3 Å². The third kappa shape index (κ3) is 3.90. The number of benzene rings is 1. The normalized spacial score (nSPS) is 16.3. The number of nitrogens with zero attached hydrogens (tertiary/aromatic N) is 3. The first kappa shape index (κ1) is 20.3. The minimum Gasteiger partial charge on any atom is -0.476 e. The van der Waals surface area contributed by atoms with Crippen molar-refractivity contribution in [2.24, 2.45) is 11.3 Å². The summed E-state index contributed by atoms with van der Waals surface area (Å²) < 4.78 is 41.0. The lowest BCUT2D eigenvalue weighted by Gasteiger charge is -2.30. The van der Waals surface area contributed by atoms with E-state index in [0.717, 1.165) is 24.2 Å². The molecular weight excluding hydrogens is 373 g/mol. The zero-order chi connectivity index (χ0) is 20.9. The fraction of sp³-hybridized carbons (Fsp3) is 0.474. The highest BCUT2D eigenvalue weighted by atomic mass is 19.4. The lowest BCUT2D eigenvalue weighted by molar-refractivity contribution is -0.137. The van der Waals surface area contributed by atoms with Gasteiger partial charge in [-0.05, 0) is 48.4 Å². The van der Waals surface area contributed by atoms with Crippen LogP contribution in [0.4, 0.5) is 13.2 Å². The molecule has 28 heavy (non-hydrogen) atoms.